The lowest BCUT2D eigenvalue weighted by Crippen LogP contribution is -2.06. The first-order valence-electron chi connectivity index (χ1n) is 9.10. The highest BCUT2D eigenvalue weighted by Gasteiger charge is 2.00. The molecule has 0 aliphatic heterocycles. The minimum atomic E-state index is 0.0217. The van der Waals surface area contributed by atoms with E-state index >= 15 is 0 Å². The average Bonchev–Trinajstić information content (AvgIpc) is 2.66. The number of Topliss-reactive ketones (excluding diaryl/α,β-unsaturated/α-hetero) is 1. The summed E-state index contributed by atoms with van der Waals surface area (Å²) < 4.78 is 10.8. The fourth-order valence-corrected chi connectivity index (χ4v) is 1.99. The summed E-state index contributed by atoms with van der Waals surface area (Å²) in [5.41, 5.74) is 2.44. The highest BCUT2D eigenvalue weighted by molar-refractivity contribution is 5.77. The Bertz CT molecular complexity index is 571. The lowest BCUT2D eigenvalue weighted by atomic mass is 10.0. The molecule has 0 aliphatic carbocycles. The molecule has 25 heavy (non-hydrogen) atoms. The van der Waals surface area contributed by atoms with Gasteiger partial charge in [0.15, 0.2) is 5.78 Å². The van der Waals surface area contributed by atoms with E-state index in [1.165, 1.54) is 18.1 Å². The van der Waals surface area contributed by atoms with Crippen LogP contribution >= 0.6 is 0 Å². The molecular formula is C22H32O3. The topological polar surface area (TPSA) is 35.5 Å². The van der Waals surface area contributed by atoms with Crippen LogP contribution in [0.5, 0.6) is 11.5 Å². The molecule has 0 aliphatic rings. The second-order valence-electron chi connectivity index (χ2n) is 4.89. The molecule has 0 fully saturated rings. The van der Waals surface area contributed by atoms with E-state index in [9.17, 15) is 4.79 Å². The minimum Gasteiger partial charge on any atom is -0.494 e. The van der Waals surface area contributed by atoms with Gasteiger partial charge in [0.1, 0.15) is 18.1 Å². The van der Waals surface area contributed by atoms with Crippen LogP contribution in [0.2, 0.25) is 0 Å². The first-order valence-corrected chi connectivity index (χ1v) is 9.10. The summed E-state index contributed by atoms with van der Waals surface area (Å²) in [6.45, 7) is 12.3. The molecule has 0 heterocycles. The zero-order valence-electron chi connectivity index (χ0n) is 16.5. The highest BCUT2D eigenvalue weighted by Crippen LogP contribution is 2.17. The van der Waals surface area contributed by atoms with Crippen molar-refractivity contribution in [2.24, 2.45) is 0 Å². The third kappa shape index (κ3) is 9.55. The Morgan fingerprint density at radius 2 is 1.16 bits per heavy atom. The fraction of sp³-hybridized carbons (Fsp3) is 0.409. The van der Waals surface area contributed by atoms with Gasteiger partial charge in [-0.3, -0.25) is 4.79 Å². The Morgan fingerprint density at radius 3 is 1.52 bits per heavy atom. The van der Waals surface area contributed by atoms with E-state index in [0.717, 1.165) is 17.9 Å². The number of hydrogen-bond acceptors (Lipinski definition) is 3. The third-order valence-electron chi connectivity index (χ3n) is 3.01. The smallest absolute Gasteiger partial charge is 0.167 e. The van der Waals surface area contributed by atoms with Crippen LogP contribution in [-0.2, 0) is 11.2 Å². The van der Waals surface area contributed by atoms with Gasteiger partial charge in [0.25, 0.3) is 0 Å². The molecule has 0 bridgehead atoms. The molecule has 0 aromatic heterocycles. The normalized spacial score (nSPS) is 9.04. The number of rotatable bonds is 7. The van der Waals surface area contributed by atoms with Crippen LogP contribution in [0.1, 0.15) is 52.7 Å². The van der Waals surface area contributed by atoms with E-state index in [-0.39, 0.29) is 12.4 Å². The van der Waals surface area contributed by atoms with Crippen LogP contribution in [0.15, 0.2) is 48.5 Å². The predicted octanol–water partition coefficient (Wildman–Crippen LogP) is 5.70. The Morgan fingerprint density at radius 1 is 0.760 bits per heavy atom. The molecule has 2 rings (SSSR count). The first kappa shape index (κ1) is 22.7. The Balaban J connectivity index is 0.00000134. The van der Waals surface area contributed by atoms with Gasteiger partial charge in [-0.15, -0.1) is 0 Å². The van der Waals surface area contributed by atoms with Crippen molar-refractivity contribution >= 4 is 5.78 Å². The molecule has 0 unspecified atom stereocenters. The van der Waals surface area contributed by atoms with Crippen molar-refractivity contribution in [1.82, 2.24) is 0 Å². The molecule has 3 nitrogen and oxygen atoms in total. The second kappa shape index (κ2) is 14.1. The summed E-state index contributed by atoms with van der Waals surface area (Å²) in [5, 5.41) is 0. The Kier molecular flexibility index (Phi) is 12.8. The second-order valence-corrected chi connectivity index (χ2v) is 4.89. The van der Waals surface area contributed by atoms with E-state index in [4.69, 9.17) is 9.47 Å². The quantitative estimate of drug-likeness (QED) is 0.646. The number of benzene rings is 2. The lowest BCUT2D eigenvalue weighted by molar-refractivity contribution is -0.118. The van der Waals surface area contributed by atoms with E-state index in [1.807, 2.05) is 71.0 Å². The van der Waals surface area contributed by atoms with Gasteiger partial charge in [-0.2, -0.15) is 0 Å². The van der Waals surface area contributed by atoms with Gasteiger partial charge in [0.05, 0.1) is 6.61 Å². The number of carbonyl (C=O) groups is 1. The first-order chi connectivity index (χ1) is 12.2. The van der Waals surface area contributed by atoms with Crippen molar-refractivity contribution in [3.8, 4) is 11.5 Å². The maximum Gasteiger partial charge on any atom is 0.167 e. The van der Waals surface area contributed by atoms with Gasteiger partial charge in [-0.05, 0) is 55.7 Å². The van der Waals surface area contributed by atoms with Crippen LogP contribution in [0.4, 0.5) is 0 Å². The molecule has 0 saturated heterocycles. The third-order valence-corrected chi connectivity index (χ3v) is 3.01. The molecule has 2 aromatic rings. The van der Waals surface area contributed by atoms with Crippen molar-refractivity contribution in [2.45, 2.75) is 48.0 Å². The van der Waals surface area contributed by atoms with Crippen molar-refractivity contribution in [3.63, 3.8) is 0 Å². The van der Waals surface area contributed by atoms with Gasteiger partial charge >= 0.3 is 0 Å². The van der Waals surface area contributed by atoms with Crippen molar-refractivity contribution in [2.75, 3.05) is 13.2 Å². The van der Waals surface area contributed by atoms with Crippen LogP contribution in [0.3, 0.4) is 0 Å². The number of carbonyl (C=O) groups excluding carboxylic acids is 1. The molecule has 138 valence electrons. The SMILES string of the molecule is CC.CC.CCOc1ccc(Cc2ccc(OCC(C)=O)cc2)cc1. The van der Waals surface area contributed by atoms with E-state index in [2.05, 4.69) is 12.1 Å². The van der Waals surface area contributed by atoms with Gasteiger partial charge in [0.2, 0.25) is 0 Å². The number of ether oxygens (including phenoxy) is 2. The average molecular weight is 344 g/mol. The molecule has 3 heteroatoms. The molecule has 0 N–H and O–H groups in total. The van der Waals surface area contributed by atoms with Crippen LogP contribution in [-0.4, -0.2) is 19.0 Å². The number of ketones is 1. The van der Waals surface area contributed by atoms with Gasteiger partial charge in [-0.1, -0.05) is 52.0 Å². The number of hydrogen-bond donors (Lipinski definition) is 0. The zero-order chi connectivity index (χ0) is 19.1. The molecule has 0 radical (unpaired) electrons. The molecular weight excluding hydrogens is 312 g/mol. The van der Waals surface area contributed by atoms with Crippen LogP contribution < -0.4 is 9.47 Å². The molecule has 0 amide bonds. The largest absolute Gasteiger partial charge is 0.494 e. The zero-order valence-corrected chi connectivity index (χ0v) is 16.5. The molecule has 0 atom stereocenters. The lowest BCUT2D eigenvalue weighted by Gasteiger charge is -2.07. The van der Waals surface area contributed by atoms with Crippen molar-refractivity contribution in [1.29, 1.82) is 0 Å². The predicted molar refractivity (Wildman–Crippen MR) is 106 cm³/mol. The molecule has 0 saturated carbocycles. The standard InChI is InChI=1S/C18H20O3.2C2H6/c1-3-20-17-8-4-15(5-9-17)12-16-6-10-18(11-7-16)21-13-14(2)19;2*1-2/h4-11H,3,12-13H2,1-2H3;2*1-2H3. The Labute approximate surface area is 153 Å². The van der Waals surface area contributed by atoms with Gasteiger partial charge in [0, 0.05) is 0 Å². The highest BCUT2D eigenvalue weighted by atomic mass is 16.5. The monoisotopic (exact) mass is 344 g/mol. The summed E-state index contributed by atoms with van der Waals surface area (Å²) in [5.74, 6) is 1.64. The van der Waals surface area contributed by atoms with Gasteiger partial charge in [-0.25, -0.2) is 0 Å². The summed E-state index contributed by atoms with van der Waals surface area (Å²) in [6.07, 6.45) is 0.861. The van der Waals surface area contributed by atoms with Crippen LogP contribution in [0, 0.1) is 0 Å². The maximum atomic E-state index is 10.9. The Hall–Kier alpha value is -2.29. The van der Waals surface area contributed by atoms with Crippen LogP contribution in [0.25, 0.3) is 0 Å². The van der Waals surface area contributed by atoms with Crippen molar-refractivity contribution < 1.29 is 14.3 Å². The van der Waals surface area contributed by atoms with Gasteiger partial charge < -0.3 is 9.47 Å². The van der Waals surface area contributed by atoms with E-state index in [0.29, 0.717) is 6.61 Å². The summed E-state index contributed by atoms with van der Waals surface area (Å²) in [6, 6.07) is 16.0. The minimum absolute atomic E-state index is 0.0217. The van der Waals surface area contributed by atoms with E-state index < -0.39 is 0 Å². The summed E-state index contributed by atoms with van der Waals surface area (Å²) >= 11 is 0. The van der Waals surface area contributed by atoms with Crippen molar-refractivity contribution in [3.05, 3.63) is 59.7 Å². The maximum absolute atomic E-state index is 10.9. The van der Waals surface area contributed by atoms with E-state index in [1.54, 1.807) is 0 Å². The molecule has 0 spiro atoms. The fourth-order valence-electron chi connectivity index (χ4n) is 1.99. The summed E-state index contributed by atoms with van der Waals surface area (Å²) in [4.78, 5) is 10.9. The summed E-state index contributed by atoms with van der Waals surface area (Å²) in [7, 11) is 0. The molecule has 2 aromatic carbocycles.